The first-order valence-electron chi connectivity index (χ1n) is 7.98. The average Bonchev–Trinajstić information content (AvgIpc) is 2.95. The lowest BCUT2D eigenvalue weighted by Gasteiger charge is -2.35. The zero-order valence-electron chi connectivity index (χ0n) is 12.7. The first-order chi connectivity index (χ1) is 11.0. The van der Waals surface area contributed by atoms with Crippen LogP contribution < -0.4 is 5.32 Å². The minimum absolute atomic E-state index is 0.177. The number of carboxylic acid groups (broad SMARTS) is 1. The van der Waals surface area contributed by atoms with E-state index in [-0.39, 0.29) is 17.8 Å². The van der Waals surface area contributed by atoms with Gasteiger partial charge in [-0.3, -0.25) is 4.79 Å². The van der Waals surface area contributed by atoms with E-state index >= 15 is 0 Å². The number of ether oxygens (including phenoxy) is 1. The van der Waals surface area contributed by atoms with Crippen LogP contribution in [0.2, 0.25) is 0 Å². The van der Waals surface area contributed by atoms with Gasteiger partial charge in [-0.2, -0.15) is 0 Å². The summed E-state index contributed by atoms with van der Waals surface area (Å²) in [5, 5.41) is 11.9. The maximum Gasteiger partial charge on any atom is 0.332 e. The highest BCUT2D eigenvalue weighted by atomic mass is 19.1. The Hall–Kier alpha value is -1.95. The summed E-state index contributed by atoms with van der Waals surface area (Å²) in [6, 6.07) is 5.98. The third-order valence-corrected chi connectivity index (χ3v) is 4.74. The molecule has 0 aromatic heterocycles. The summed E-state index contributed by atoms with van der Waals surface area (Å²) in [4.78, 5) is 23.3. The highest BCUT2D eigenvalue weighted by Gasteiger charge is 2.37. The van der Waals surface area contributed by atoms with Crippen molar-refractivity contribution in [1.82, 2.24) is 5.32 Å². The molecule has 1 heterocycles. The van der Waals surface area contributed by atoms with Crippen LogP contribution in [0.15, 0.2) is 24.3 Å². The molecule has 1 saturated carbocycles. The van der Waals surface area contributed by atoms with Gasteiger partial charge in [-0.25, -0.2) is 9.18 Å². The molecule has 1 unspecified atom stereocenters. The van der Waals surface area contributed by atoms with E-state index in [4.69, 9.17) is 9.84 Å². The van der Waals surface area contributed by atoms with E-state index in [1.54, 1.807) is 12.1 Å². The minimum Gasteiger partial charge on any atom is -0.479 e. The fraction of sp³-hybridized carbons (Fsp3) is 0.529. The van der Waals surface area contributed by atoms with Gasteiger partial charge in [-0.1, -0.05) is 18.6 Å². The van der Waals surface area contributed by atoms with Crippen molar-refractivity contribution < 1.29 is 23.8 Å². The normalized spacial score (nSPS) is 25.6. The minimum atomic E-state index is -1.03. The zero-order valence-corrected chi connectivity index (χ0v) is 12.7. The molecule has 1 aliphatic heterocycles. The Kier molecular flexibility index (Phi) is 4.61. The van der Waals surface area contributed by atoms with Gasteiger partial charge < -0.3 is 15.2 Å². The van der Waals surface area contributed by atoms with Crippen LogP contribution in [0.5, 0.6) is 0 Å². The number of amides is 1. The van der Waals surface area contributed by atoms with E-state index < -0.39 is 18.2 Å². The van der Waals surface area contributed by atoms with Crippen molar-refractivity contribution in [3.05, 3.63) is 35.6 Å². The maximum atomic E-state index is 13.1. The number of rotatable bonds is 5. The lowest BCUT2D eigenvalue weighted by atomic mass is 9.77. The third-order valence-electron chi connectivity index (χ3n) is 4.74. The Morgan fingerprint density at radius 3 is 2.30 bits per heavy atom. The van der Waals surface area contributed by atoms with Crippen molar-refractivity contribution in [2.45, 2.75) is 50.4 Å². The summed E-state index contributed by atoms with van der Waals surface area (Å²) < 4.78 is 18.4. The smallest absolute Gasteiger partial charge is 0.332 e. The molecule has 6 heteroatoms. The lowest BCUT2D eigenvalue weighted by Crippen LogP contribution is -2.41. The third kappa shape index (κ3) is 3.52. The summed E-state index contributed by atoms with van der Waals surface area (Å²) in [5.74, 6) is -1.29. The quantitative estimate of drug-likeness (QED) is 0.873. The molecule has 0 spiro atoms. The van der Waals surface area contributed by atoms with Gasteiger partial charge in [0, 0.05) is 0 Å². The molecule has 2 N–H and O–H groups in total. The number of carboxylic acids is 1. The molecular formula is C17H20FNO4. The molecule has 1 aromatic rings. The molecule has 0 radical (unpaired) electrons. The molecule has 23 heavy (non-hydrogen) atoms. The predicted octanol–water partition coefficient (Wildman–Crippen LogP) is 2.42. The lowest BCUT2D eigenvalue weighted by molar-refractivity contribution is -0.152. The highest BCUT2D eigenvalue weighted by molar-refractivity contribution is 5.83. The van der Waals surface area contributed by atoms with E-state index in [1.807, 2.05) is 0 Å². The number of aliphatic carboxylic acids is 1. The van der Waals surface area contributed by atoms with Crippen LogP contribution in [-0.2, 0) is 14.3 Å². The molecule has 1 amide bonds. The Morgan fingerprint density at radius 1 is 1.13 bits per heavy atom. The first-order valence-corrected chi connectivity index (χ1v) is 7.98. The summed E-state index contributed by atoms with van der Waals surface area (Å²) in [7, 11) is 0. The number of carbonyl (C=O) groups excluding carboxylic acids is 1. The maximum absolute atomic E-state index is 13.1. The van der Waals surface area contributed by atoms with Crippen molar-refractivity contribution in [3.63, 3.8) is 0 Å². The number of hydrogen-bond donors (Lipinski definition) is 2. The van der Waals surface area contributed by atoms with E-state index in [0.29, 0.717) is 18.8 Å². The van der Waals surface area contributed by atoms with Crippen molar-refractivity contribution >= 4 is 11.9 Å². The number of benzene rings is 1. The second-order valence-electron chi connectivity index (χ2n) is 6.26. The molecular weight excluding hydrogens is 301 g/mol. The average molecular weight is 321 g/mol. The molecule has 2 fully saturated rings. The standard InChI is InChI=1S/C17H20FNO4/c18-12-6-4-11(5-7-12)15(10-2-1-3-10)19-16(20)13-8-9-14(23-13)17(21)22/h4-7,10,13-15H,1-3,8-9H2,(H,19,20)(H,21,22)/t13-,14+,15?/m0/s1. The van der Waals surface area contributed by atoms with Crippen LogP contribution in [0, 0.1) is 11.7 Å². The molecule has 3 rings (SSSR count). The van der Waals surface area contributed by atoms with E-state index in [2.05, 4.69) is 5.32 Å². The van der Waals surface area contributed by atoms with Crippen LogP contribution in [-0.4, -0.2) is 29.2 Å². The first kappa shape index (κ1) is 15.9. The van der Waals surface area contributed by atoms with Crippen molar-refractivity contribution in [3.8, 4) is 0 Å². The SMILES string of the molecule is O=C(NC(c1ccc(F)cc1)C1CCC1)[C@@H]1CC[C@H](C(=O)O)O1. The Labute approximate surface area is 133 Å². The monoisotopic (exact) mass is 321 g/mol. The van der Waals surface area contributed by atoms with Crippen LogP contribution in [0.1, 0.15) is 43.7 Å². The summed E-state index contributed by atoms with van der Waals surface area (Å²) in [6.07, 6.45) is 2.29. The van der Waals surface area contributed by atoms with E-state index in [0.717, 1.165) is 24.8 Å². The molecule has 2 aliphatic rings. The van der Waals surface area contributed by atoms with Crippen LogP contribution in [0.3, 0.4) is 0 Å². The molecule has 5 nitrogen and oxygen atoms in total. The van der Waals surface area contributed by atoms with Crippen molar-refractivity contribution in [2.24, 2.45) is 5.92 Å². The highest BCUT2D eigenvalue weighted by Crippen LogP contribution is 2.38. The predicted molar refractivity (Wildman–Crippen MR) is 80.2 cm³/mol. The van der Waals surface area contributed by atoms with Gasteiger partial charge in [0.1, 0.15) is 11.9 Å². The number of halogens is 1. The summed E-state index contributed by atoms with van der Waals surface area (Å²) in [5.41, 5.74) is 0.872. The second-order valence-corrected chi connectivity index (χ2v) is 6.26. The largest absolute Gasteiger partial charge is 0.479 e. The molecule has 1 aromatic carbocycles. The number of nitrogens with one attached hydrogen (secondary N) is 1. The Morgan fingerprint density at radius 2 is 1.78 bits per heavy atom. The van der Waals surface area contributed by atoms with Crippen LogP contribution in [0.25, 0.3) is 0 Å². The van der Waals surface area contributed by atoms with Gasteiger partial charge in [0.15, 0.2) is 6.10 Å². The van der Waals surface area contributed by atoms with Gasteiger partial charge in [-0.15, -0.1) is 0 Å². The fourth-order valence-corrected chi connectivity index (χ4v) is 3.17. The second kappa shape index (κ2) is 6.66. The number of carbonyl (C=O) groups is 2. The van der Waals surface area contributed by atoms with Crippen LogP contribution >= 0.6 is 0 Å². The molecule has 1 saturated heterocycles. The van der Waals surface area contributed by atoms with Gasteiger partial charge in [0.05, 0.1) is 6.04 Å². The Balaban J connectivity index is 1.68. The fourth-order valence-electron chi connectivity index (χ4n) is 3.17. The summed E-state index contributed by atoms with van der Waals surface area (Å²) in [6.45, 7) is 0. The van der Waals surface area contributed by atoms with Gasteiger partial charge in [0.25, 0.3) is 0 Å². The van der Waals surface area contributed by atoms with E-state index in [9.17, 15) is 14.0 Å². The summed E-state index contributed by atoms with van der Waals surface area (Å²) >= 11 is 0. The van der Waals surface area contributed by atoms with Crippen molar-refractivity contribution in [1.29, 1.82) is 0 Å². The number of hydrogen-bond acceptors (Lipinski definition) is 3. The molecule has 3 atom stereocenters. The molecule has 124 valence electrons. The van der Waals surface area contributed by atoms with E-state index in [1.165, 1.54) is 12.1 Å². The molecule has 1 aliphatic carbocycles. The topological polar surface area (TPSA) is 75.6 Å². The van der Waals surface area contributed by atoms with Gasteiger partial charge >= 0.3 is 5.97 Å². The van der Waals surface area contributed by atoms with Gasteiger partial charge in [-0.05, 0) is 49.3 Å². The molecule has 0 bridgehead atoms. The van der Waals surface area contributed by atoms with Gasteiger partial charge in [0.2, 0.25) is 5.91 Å². The van der Waals surface area contributed by atoms with Crippen molar-refractivity contribution in [2.75, 3.05) is 0 Å². The zero-order chi connectivity index (χ0) is 16.4. The Bertz CT molecular complexity index is 585. The van der Waals surface area contributed by atoms with Crippen LogP contribution in [0.4, 0.5) is 4.39 Å².